The Morgan fingerprint density at radius 2 is 1.93 bits per heavy atom. The third-order valence-corrected chi connectivity index (χ3v) is 2.53. The summed E-state index contributed by atoms with van der Waals surface area (Å²) in [7, 11) is 2.12. The molecular formula is C11H25N3O. The van der Waals surface area contributed by atoms with E-state index in [1.54, 1.807) is 6.92 Å². The molecule has 0 aromatic rings. The van der Waals surface area contributed by atoms with Gasteiger partial charge in [0.25, 0.3) is 0 Å². The average Bonchev–Trinajstić information content (AvgIpc) is 2.16. The molecule has 90 valence electrons. The van der Waals surface area contributed by atoms with Crippen LogP contribution in [0.15, 0.2) is 0 Å². The molecule has 3 N–H and O–H groups in total. The highest BCUT2D eigenvalue weighted by Crippen LogP contribution is 1.97. The van der Waals surface area contributed by atoms with Crippen molar-refractivity contribution in [1.29, 1.82) is 0 Å². The Bertz CT molecular complexity index is 181. The van der Waals surface area contributed by atoms with Crippen molar-refractivity contribution < 1.29 is 4.79 Å². The van der Waals surface area contributed by atoms with Gasteiger partial charge in [0.15, 0.2) is 0 Å². The maximum absolute atomic E-state index is 11.1. The van der Waals surface area contributed by atoms with E-state index in [2.05, 4.69) is 31.1 Å². The van der Waals surface area contributed by atoms with E-state index in [4.69, 9.17) is 5.73 Å². The van der Waals surface area contributed by atoms with Gasteiger partial charge in [0.1, 0.15) is 0 Å². The van der Waals surface area contributed by atoms with Crippen LogP contribution in [-0.4, -0.2) is 43.0 Å². The first kappa shape index (κ1) is 14.4. The summed E-state index contributed by atoms with van der Waals surface area (Å²) in [6.45, 7) is 7.86. The van der Waals surface area contributed by atoms with Crippen LogP contribution in [-0.2, 0) is 4.79 Å². The minimum absolute atomic E-state index is 0.0628. The van der Waals surface area contributed by atoms with Crippen molar-refractivity contribution in [3.05, 3.63) is 0 Å². The lowest BCUT2D eigenvalue weighted by Gasteiger charge is -2.20. The van der Waals surface area contributed by atoms with Gasteiger partial charge in [-0.15, -0.1) is 0 Å². The predicted octanol–water partition coefficient (Wildman–Crippen LogP) is 0.570. The number of unbranched alkanes of at least 4 members (excludes halogenated alkanes) is 1. The maximum Gasteiger partial charge on any atom is 0.236 e. The summed E-state index contributed by atoms with van der Waals surface area (Å²) in [6, 6.07) is 0.187. The van der Waals surface area contributed by atoms with E-state index in [1.807, 2.05) is 0 Å². The van der Waals surface area contributed by atoms with Crippen molar-refractivity contribution in [2.75, 3.05) is 20.1 Å². The van der Waals surface area contributed by atoms with Crippen LogP contribution in [0.3, 0.4) is 0 Å². The Labute approximate surface area is 93.2 Å². The molecule has 0 aliphatic heterocycles. The Hall–Kier alpha value is -0.610. The highest BCUT2D eigenvalue weighted by Gasteiger charge is 2.05. The van der Waals surface area contributed by atoms with Crippen molar-refractivity contribution in [3.8, 4) is 0 Å². The van der Waals surface area contributed by atoms with Crippen LogP contribution < -0.4 is 11.1 Å². The first-order valence-electron chi connectivity index (χ1n) is 5.68. The molecule has 0 bridgehead atoms. The van der Waals surface area contributed by atoms with Gasteiger partial charge in [0.2, 0.25) is 5.91 Å². The van der Waals surface area contributed by atoms with Crippen molar-refractivity contribution in [2.24, 2.45) is 5.73 Å². The molecule has 1 unspecified atom stereocenters. The number of carbonyl (C=O) groups is 1. The zero-order valence-electron chi connectivity index (χ0n) is 10.4. The molecule has 1 amide bonds. The van der Waals surface area contributed by atoms with E-state index < -0.39 is 6.04 Å². The van der Waals surface area contributed by atoms with E-state index in [0.717, 1.165) is 25.9 Å². The van der Waals surface area contributed by atoms with Gasteiger partial charge in [-0.1, -0.05) is 0 Å². The maximum atomic E-state index is 11.1. The van der Waals surface area contributed by atoms with Gasteiger partial charge in [-0.25, -0.2) is 0 Å². The minimum Gasteiger partial charge on any atom is -0.355 e. The fourth-order valence-corrected chi connectivity index (χ4v) is 1.12. The van der Waals surface area contributed by atoms with E-state index in [-0.39, 0.29) is 5.91 Å². The molecule has 0 rings (SSSR count). The fraction of sp³-hybridized carbons (Fsp3) is 0.909. The summed E-state index contributed by atoms with van der Waals surface area (Å²) in [5, 5.41) is 2.80. The molecule has 0 saturated carbocycles. The van der Waals surface area contributed by atoms with E-state index in [1.165, 1.54) is 0 Å². The Balaban J connectivity index is 3.36. The van der Waals surface area contributed by atoms with Crippen LogP contribution in [0.2, 0.25) is 0 Å². The minimum atomic E-state index is -0.400. The number of amides is 1. The second kappa shape index (κ2) is 7.65. The van der Waals surface area contributed by atoms with Crippen LogP contribution in [0.5, 0.6) is 0 Å². The van der Waals surface area contributed by atoms with Gasteiger partial charge < -0.3 is 16.0 Å². The number of carbonyl (C=O) groups excluding carboxylic acids is 1. The molecule has 0 aliphatic rings. The zero-order valence-corrected chi connectivity index (χ0v) is 10.4. The van der Waals surface area contributed by atoms with Gasteiger partial charge in [0.05, 0.1) is 6.04 Å². The molecule has 0 spiro atoms. The molecular weight excluding hydrogens is 190 g/mol. The molecule has 4 heteroatoms. The lowest BCUT2D eigenvalue weighted by Crippen LogP contribution is -2.38. The van der Waals surface area contributed by atoms with Gasteiger partial charge in [0, 0.05) is 12.6 Å². The Kier molecular flexibility index (Phi) is 7.34. The fourth-order valence-electron chi connectivity index (χ4n) is 1.12. The number of hydrogen-bond acceptors (Lipinski definition) is 3. The third kappa shape index (κ3) is 7.33. The summed E-state index contributed by atoms with van der Waals surface area (Å²) < 4.78 is 0. The van der Waals surface area contributed by atoms with Crippen LogP contribution in [0.1, 0.15) is 33.6 Å². The molecule has 0 heterocycles. The van der Waals surface area contributed by atoms with Gasteiger partial charge in [-0.3, -0.25) is 4.79 Å². The lowest BCUT2D eigenvalue weighted by molar-refractivity contribution is -0.121. The smallest absolute Gasteiger partial charge is 0.236 e. The van der Waals surface area contributed by atoms with Crippen molar-refractivity contribution in [3.63, 3.8) is 0 Å². The number of nitrogens with two attached hydrogens (primary N) is 1. The summed E-state index contributed by atoms with van der Waals surface area (Å²) in [5.74, 6) is -0.0628. The quantitative estimate of drug-likeness (QED) is 0.610. The summed E-state index contributed by atoms with van der Waals surface area (Å²) >= 11 is 0. The van der Waals surface area contributed by atoms with Gasteiger partial charge >= 0.3 is 0 Å². The van der Waals surface area contributed by atoms with Crippen LogP contribution >= 0.6 is 0 Å². The topological polar surface area (TPSA) is 58.4 Å². The Morgan fingerprint density at radius 1 is 1.33 bits per heavy atom. The zero-order chi connectivity index (χ0) is 11.8. The van der Waals surface area contributed by atoms with Crippen LogP contribution in [0, 0.1) is 0 Å². The monoisotopic (exact) mass is 215 g/mol. The normalized spacial score (nSPS) is 13.3. The van der Waals surface area contributed by atoms with E-state index in [9.17, 15) is 4.79 Å². The van der Waals surface area contributed by atoms with Crippen molar-refractivity contribution in [2.45, 2.75) is 45.7 Å². The molecule has 0 saturated heterocycles. The number of nitrogens with zero attached hydrogens (tertiary/aromatic N) is 1. The molecule has 1 atom stereocenters. The predicted molar refractivity (Wildman–Crippen MR) is 63.7 cm³/mol. The molecule has 0 fully saturated rings. The average molecular weight is 215 g/mol. The van der Waals surface area contributed by atoms with E-state index >= 15 is 0 Å². The molecule has 0 aliphatic carbocycles. The highest BCUT2D eigenvalue weighted by atomic mass is 16.2. The number of rotatable bonds is 7. The van der Waals surface area contributed by atoms with Crippen LogP contribution in [0.25, 0.3) is 0 Å². The van der Waals surface area contributed by atoms with Crippen molar-refractivity contribution in [1.82, 2.24) is 10.2 Å². The molecule has 15 heavy (non-hydrogen) atoms. The molecule has 0 aromatic heterocycles. The third-order valence-electron chi connectivity index (χ3n) is 2.53. The standard InChI is InChI=1S/C11H25N3O/c1-9(2)14(4)8-6-5-7-13-11(15)10(3)12/h9-10H,5-8,12H2,1-4H3,(H,13,15). The van der Waals surface area contributed by atoms with E-state index in [0.29, 0.717) is 6.04 Å². The second-order valence-electron chi connectivity index (χ2n) is 4.36. The number of nitrogens with one attached hydrogen (secondary N) is 1. The highest BCUT2D eigenvalue weighted by molar-refractivity contribution is 5.80. The van der Waals surface area contributed by atoms with Gasteiger partial charge in [-0.05, 0) is 47.2 Å². The molecule has 0 aromatic carbocycles. The number of hydrogen-bond donors (Lipinski definition) is 2. The van der Waals surface area contributed by atoms with Gasteiger partial charge in [-0.2, -0.15) is 0 Å². The SMILES string of the molecule is CC(N)C(=O)NCCCCN(C)C(C)C. The van der Waals surface area contributed by atoms with Crippen LogP contribution in [0.4, 0.5) is 0 Å². The Morgan fingerprint density at radius 3 is 2.40 bits per heavy atom. The largest absolute Gasteiger partial charge is 0.355 e. The molecule has 4 nitrogen and oxygen atoms in total. The summed E-state index contributed by atoms with van der Waals surface area (Å²) in [4.78, 5) is 13.4. The first-order chi connectivity index (χ1) is 6.95. The first-order valence-corrected chi connectivity index (χ1v) is 5.68. The summed E-state index contributed by atoms with van der Waals surface area (Å²) in [5.41, 5.74) is 5.42. The molecule has 0 radical (unpaired) electrons. The second-order valence-corrected chi connectivity index (χ2v) is 4.36. The lowest BCUT2D eigenvalue weighted by atomic mass is 10.2. The van der Waals surface area contributed by atoms with Crippen molar-refractivity contribution >= 4 is 5.91 Å². The summed E-state index contributed by atoms with van der Waals surface area (Å²) in [6.07, 6.45) is 2.11.